The summed E-state index contributed by atoms with van der Waals surface area (Å²) in [6, 6.07) is 0. The Kier molecular flexibility index (Phi) is 2.12. The Morgan fingerprint density at radius 1 is 1.75 bits per heavy atom. The van der Waals surface area contributed by atoms with E-state index in [1.807, 2.05) is 0 Å². The minimum atomic E-state index is -1.38. The maximum atomic E-state index is 7.16. The van der Waals surface area contributed by atoms with Crippen molar-refractivity contribution in [2.45, 2.75) is 12.6 Å². The van der Waals surface area contributed by atoms with Gasteiger partial charge < -0.3 is 10.5 Å². The van der Waals surface area contributed by atoms with Crippen LogP contribution in [0.15, 0.2) is 22.9 Å². The van der Waals surface area contributed by atoms with Gasteiger partial charge in [-0.15, -0.1) is 0 Å². The first-order valence-corrected chi connectivity index (χ1v) is 3.71. The zero-order chi connectivity index (χ0) is 9.35. The second kappa shape index (κ2) is 2.80. The number of amidine groups is 1. The van der Waals surface area contributed by atoms with Crippen LogP contribution in [0.5, 0.6) is 0 Å². The molecule has 1 aliphatic heterocycles. The highest BCUT2D eigenvalue weighted by Gasteiger charge is 2.31. The summed E-state index contributed by atoms with van der Waals surface area (Å²) in [4.78, 5) is 0. The fourth-order valence-corrected chi connectivity index (χ4v) is 1.21. The SMILES string of the molecule is CC1=CC(Cl)=CC(N)(C(=N)N)O1. The number of nitrogens with two attached hydrogens (primary N) is 2. The number of hydrogen-bond acceptors (Lipinski definition) is 3. The van der Waals surface area contributed by atoms with Gasteiger partial charge in [0, 0.05) is 11.1 Å². The van der Waals surface area contributed by atoms with Gasteiger partial charge in [-0.25, -0.2) is 0 Å². The molecule has 0 aromatic carbocycles. The van der Waals surface area contributed by atoms with Gasteiger partial charge in [0.05, 0.1) is 5.76 Å². The fraction of sp³-hybridized carbons (Fsp3) is 0.286. The lowest BCUT2D eigenvalue weighted by molar-refractivity contribution is 0.106. The molecule has 66 valence electrons. The number of allylic oxidation sites excluding steroid dienone is 3. The Morgan fingerprint density at radius 3 is 2.75 bits per heavy atom. The van der Waals surface area contributed by atoms with Gasteiger partial charge >= 0.3 is 0 Å². The maximum absolute atomic E-state index is 7.16. The van der Waals surface area contributed by atoms with Crippen molar-refractivity contribution < 1.29 is 4.74 Å². The Morgan fingerprint density at radius 2 is 2.33 bits per heavy atom. The van der Waals surface area contributed by atoms with Crippen molar-refractivity contribution in [3.63, 3.8) is 0 Å². The van der Waals surface area contributed by atoms with E-state index in [0.29, 0.717) is 10.8 Å². The first kappa shape index (κ1) is 9.09. The third-order valence-electron chi connectivity index (χ3n) is 1.44. The van der Waals surface area contributed by atoms with Crippen molar-refractivity contribution >= 4 is 17.4 Å². The van der Waals surface area contributed by atoms with E-state index < -0.39 is 5.72 Å². The Bertz CT molecular complexity index is 284. The summed E-state index contributed by atoms with van der Waals surface area (Å²) < 4.78 is 5.13. The van der Waals surface area contributed by atoms with E-state index in [2.05, 4.69) is 0 Å². The van der Waals surface area contributed by atoms with Crippen LogP contribution in [0.3, 0.4) is 0 Å². The van der Waals surface area contributed by atoms with E-state index in [0.717, 1.165) is 0 Å². The average Bonchev–Trinajstić information content (AvgIpc) is 1.82. The van der Waals surface area contributed by atoms with Crippen LogP contribution in [-0.4, -0.2) is 11.6 Å². The lowest BCUT2D eigenvalue weighted by Gasteiger charge is -2.29. The number of ether oxygens (including phenoxy) is 1. The number of rotatable bonds is 1. The molecule has 5 N–H and O–H groups in total. The number of hydrogen-bond donors (Lipinski definition) is 3. The molecule has 4 nitrogen and oxygen atoms in total. The van der Waals surface area contributed by atoms with Crippen LogP contribution in [-0.2, 0) is 4.74 Å². The quantitative estimate of drug-likeness (QED) is 0.416. The highest BCUT2D eigenvalue weighted by atomic mass is 35.5. The Balaban J connectivity index is 3.00. The first-order chi connectivity index (χ1) is 5.44. The van der Waals surface area contributed by atoms with Crippen LogP contribution in [0, 0.1) is 5.41 Å². The summed E-state index contributed by atoms with van der Waals surface area (Å²) >= 11 is 5.71. The predicted molar refractivity (Wildman–Crippen MR) is 47.6 cm³/mol. The Labute approximate surface area is 75.3 Å². The molecular weight excluding hydrogens is 178 g/mol. The fourth-order valence-electron chi connectivity index (χ4n) is 0.899. The van der Waals surface area contributed by atoms with Crippen LogP contribution in [0.4, 0.5) is 0 Å². The van der Waals surface area contributed by atoms with Gasteiger partial charge in [-0.05, 0) is 13.0 Å². The third-order valence-corrected chi connectivity index (χ3v) is 1.66. The molecule has 1 heterocycles. The normalized spacial score (nSPS) is 28.6. The summed E-state index contributed by atoms with van der Waals surface area (Å²) in [6.45, 7) is 1.69. The lowest BCUT2D eigenvalue weighted by Crippen LogP contribution is -2.52. The lowest BCUT2D eigenvalue weighted by atomic mass is 10.1. The van der Waals surface area contributed by atoms with Gasteiger partial charge in [0.15, 0.2) is 5.84 Å². The number of nitrogens with one attached hydrogen (secondary N) is 1. The highest BCUT2D eigenvalue weighted by molar-refractivity contribution is 6.31. The molecule has 0 aliphatic carbocycles. The molecular formula is C7H10ClN3O. The molecule has 1 aliphatic rings. The van der Waals surface area contributed by atoms with E-state index >= 15 is 0 Å². The van der Waals surface area contributed by atoms with Crippen molar-refractivity contribution in [2.24, 2.45) is 11.5 Å². The Hall–Kier alpha value is -1.00. The van der Waals surface area contributed by atoms with Crippen LogP contribution < -0.4 is 11.5 Å². The largest absolute Gasteiger partial charge is 0.466 e. The first-order valence-electron chi connectivity index (χ1n) is 3.33. The summed E-state index contributed by atoms with van der Waals surface area (Å²) in [5, 5.41) is 7.59. The van der Waals surface area contributed by atoms with Crippen molar-refractivity contribution in [1.29, 1.82) is 5.41 Å². The average molecular weight is 188 g/mol. The summed E-state index contributed by atoms with van der Waals surface area (Å²) in [7, 11) is 0. The van der Waals surface area contributed by atoms with Crippen molar-refractivity contribution in [2.75, 3.05) is 0 Å². The van der Waals surface area contributed by atoms with E-state index in [1.54, 1.807) is 13.0 Å². The molecule has 1 unspecified atom stereocenters. The van der Waals surface area contributed by atoms with Crippen LogP contribution in [0.25, 0.3) is 0 Å². The van der Waals surface area contributed by atoms with E-state index in [1.165, 1.54) is 6.08 Å². The minimum absolute atomic E-state index is 0.270. The summed E-state index contributed by atoms with van der Waals surface area (Å²) in [6.07, 6.45) is 3.00. The van der Waals surface area contributed by atoms with Crippen molar-refractivity contribution in [1.82, 2.24) is 0 Å². The second-order valence-electron chi connectivity index (χ2n) is 2.59. The van der Waals surface area contributed by atoms with Gasteiger partial charge in [-0.2, -0.15) is 0 Å². The van der Waals surface area contributed by atoms with E-state index in [4.69, 9.17) is 33.2 Å². The van der Waals surface area contributed by atoms with Gasteiger partial charge in [-0.1, -0.05) is 11.6 Å². The zero-order valence-corrected chi connectivity index (χ0v) is 7.35. The van der Waals surface area contributed by atoms with Gasteiger partial charge in [0.25, 0.3) is 0 Å². The van der Waals surface area contributed by atoms with E-state index in [9.17, 15) is 0 Å². The van der Waals surface area contributed by atoms with Gasteiger partial charge in [0.1, 0.15) is 0 Å². The minimum Gasteiger partial charge on any atom is -0.466 e. The molecule has 0 fully saturated rings. The molecule has 12 heavy (non-hydrogen) atoms. The summed E-state index contributed by atoms with van der Waals surface area (Å²) in [5.74, 6) is 0.272. The highest BCUT2D eigenvalue weighted by Crippen LogP contribution is 2.23. The number of halogens is 1. The zero-order valence-electron chi connectivity index (χ0n) is 6.60. The summed E-state index contributed by atoms with van der Waals surface area (Å²) in [5.41, 5.74) is 9.46. The molecule has 0 spiro atoms. The molecule has 0 aromatic heterocycles. The monoisotopic (exact) mass is 187 g/mol. The van der Waals surface area contributed by atoms with Crippen LogP contribution >= 0.6 is 11.6 Å². The second-order valence-corrected chi connectivity index (χ2v) is 3.03. The van der Waals surface area contributed by atoms with Gasteiger partial charge in [-0.3, -0.25) is 11.1 Å². The molecule has 1 rings (SSSR count). The van der Waals surface area contributed by atoms with Crippen LogP contribution in [0.1, 0.15) is 6.92 Å². The van der Waals surface area contributed by atoms with Crippen LogP contribution in [0.2, 0.25) is 0 Å². The predicted octanol–water partition coefficient (Wildman–Crippen LogP) is 0.634. The topological polar surface area (TPSA) is 85.1 Å². The molecule has 5 heteroatoms. The maximum Gasteiger partial charge on any atom is 0.236 e. The molecule has 0 aromatic rings. The molecule has 1 atom stereocenters. The molecule has 0 amide bonds. The standard InChI is InChI=1S/C7H10ClN3O/c1-4-2-5(8)3-7(11,12-4)6(9)10/h2-3H,11H2,1H3,(H3,9,10). The molecule has 0 radical (unpaired) electrons. The molecule has 0 saturated heterocycles. The smallest absolute Gasteiger partial charge is 0.236 e. The third kappa shape index (κ3) is 1.60. The van der Waals surface area contributed by atoms with Gasteiger partial charge in [0.2, 0.25) is 5.72 Å². The van der Waals surface area contributed by atoms with Crippen molar-refractivity contribution in [3.8, 4) is 0 Å². The van der Waals surface area contributed by atoms with Crippen molar-refractivity contribution in [3.05, 3.63) is 22.9 Å². The molecule has 0 bridgehead atoms. The van der Waals surface area contributed by atoms with E-state index in [-0.39, 0.29) is 5.84 Å². The molecule has 0 saturated carbocycles.